The highest BCUT2D eigenvalue weighted by Gasteiger charge is 2.44. The first-order valence-corrected chi connectivity index (χ1v) is 7.16. The minimum Gasteiger partial charge on any atom is -0.325 e. The van der Waals surface area contributed by atoms with Gasteiger partial charge in [-0.05, 0) is 42.4 Å². The van der Waals surface area contributed by atoms with Gasteiger partial charge in [0.1, 0.15) is 0 Å². The van der Waals surface area contributed by atoms with Crippen LogP contribution in [0.5, 0.6) is 0 Å². The fourth-order valence-electron chi connectivity index (χ4n) is 2.32. The van der Waals surface area contributed by atoms with E-state index in [1.807, 2.05) is 12.1 Å². The van der Waals surface area contributed by atoms with E-state index in [0.717, 1.165) is 12.2 Å². The number of rotatable bonds is 6. The van der Waals surface area contributed by atoms with Crippen molar-refractivity contribution in [1.29, 1.82) is 0 Å². The first kappa shape index (κ1) is 14.4. The zero-order valence-electron chi connectivity index (χ0n) is 11.5. The highest BCUT2D eigenvalue weighted by Crippen LogP contribution is 2.51. The summed E-state index contributed by atoms with van der Waals surface area (Å²) < 4.78 is 0. The number of amides is 1. The van der Waals surface area contributed by atoms with Crippen molar-refractivity contribution in [3.63, 3.8) is 0 Å². The zero-order valence-corrected chi connectivity index (χ0v) is 12.3. The minimum atomic E-state index is -0.0261. The SMILES string of the molecule is CC(C)C1(CNCC(=O)Nc2cccc(Cl)c2)CC1. The molecule has 19 heavy (non-hydrogen) atoms. The summed E-state index contributed by atoms with van der Waals surface area (Å²) in [6.07, 6.45) is 2.54. The maximum atomic E-state index is 11.8. The molecular weight excluding hydrogens is 260 g/mol. The van der Waals surface area contributed by atoms with Gasteiger partial charge in [0.2, 0.25) is 5.91 Å². The Bertz CT molecular complexity index is 455. The van der Waals surface area contributed by atoms with Crippen molar-refractivity contribution in [2.24, 2.45) is 11.3 Å². The number of nitrogens with one attached hydrogen (secondary N) is 2. The predicted molar refractivity (Wildman–Crippen MR) is 79.5 cm³/mol. The number of halogens is 1. The van der Waals surface area contributed by atoms with E-state index in [-0.39, 0.29) is 5.91 Å². The van der Waals surface area contributed by atoms with Gasteiger partial charge in [-0.3, -0.25) is 4.79 Å². The van der Waals surface area contributed by atoms with E-state index in [2.05, 4.69) is 24.5 Å². The van der Waals surface area contributed by atoms with Gasteiger partial charge < -0.3 is 10.6 Å². The van der Waals surface area contributed by atoms with Crippen molar-refractivity contribution in [3.8, 4) is 0 Å². The molecule has 0 heterocycles. The number of carbonyl (C=O) groups is 1. The summed E-state index contributed by atoms with van der Waals surface area (Å²) in [4.78, 5) is 11.8. The maximum Gasteiger partial charge on any atom is 0.238 e. The van der Waals surface area contributed by atoms with Crippen molar-refractivity contribution in [2.75, 3.05) is 18.4 Å². The third kappa shape index (κ3) is 3.95. The minimum absolute atomic E-state index is 0.0261. The second-order valence-electron chi connectivity index (χ2n) is 5.68. The van der Waals surface area contributed by atoms with Gasteiger partial charge in [0.25, 0.3) is 0 Å². The zero-order chi connectivity index (χ0) is 13.9. The van der Waals surface area contributed by atoms with Crippen molar-refractivity contribution in [2.45, 2.75) is 26.7 Å². The van der Waals surface area contributed by atoms with Crippen LogP contribution < -0.4 is 10.6 Å². The number of hydrogen-bond acceptors (Lipinski definition) is 2. The van der Waals surface area contributed by atoms with Crippen LogP contribution in [-0.2, 0) is 4.79 Å². The molecule has 1 aliphatic carbocycles. The molecule has 0 aromatic heterocycles. The molecule has 1 aromatic rings. The standard InChI is InChI=1S/C15H21ClN2O/c1-11(2)15(6-7-15)10-17-9-14(19)18-13-5-3-4-12(16)8-13/h3-5,8,11,17H,6-7,9-10H2,1-2H3,(H,18,19). The summed E-state index contributed by atoms with van der Waals surface area (Å²) in [5, 5.41) is 6.72. The van der Waals surface area contributed by atoms with Crippen molar-refractivity contribution in [1.82, 2.24) is 5.32 Å². The Kier molecular flexibility index (Phi) is 4.48. The normalized spacial score (nSPS) is 16.4. The molecule has 1 saturated carbocycles. The van der Waals surface area contributed by atoms with Gasteiger partial charge in [-0.2, -0.15) is 0 Å². The molecule has 0 radical (unpaired) electrons. The molecule has 0 atom stereocenters. The second-order valence-corrected chi connectivity index (χ2v) is 6.12. The lowest BCUT2D eigenvalue weighted by atomic mass is 9.92. The molecule has 4 heteroatoms. The number of hydrogen-bond donors (Lipinski definition) is 2. The summed E-state index contributed by atoms with van der Waals surface area (Å²) in [6.45, 7) is 5.77. The summed E-state index contributed by atoms with van der Waals surface area (Å²) in [5.41, 5.74) is 1.17. The van der Waals surface area contributed by atoms with Crippen LogP contribution in [0.2, 0.25) is 5.02 Å². The summed E-state index contributed by atoms with van der Waals surface area (Å²) in [5.74, 6) is 0.651. The summed E-state index contributed by atoms with van der Waals surface area (Å²) in [7, 11) is 0. The van der Waals surface area contributed by atoms with Crippen molar-refractivity contribution in [3.05, 3.63) is 29.3 Å². The molecule has 0 spiro atoms. The maximum absolute atomic E-state index is 11.8. The highest BCUT2D eigenvalue weighted by molar-refractivity contribution is 6.30. The fraction of sp³-hybridized carbons (Fsp3) is 0.533. The summed E-state index contributed by atoms with van der Waals surface area (Å²) in [6, 6.07) is 7.19. The van der Waals surface area contributed by atoms with Gasteiger partial charge >= 0.3 is 0 Å². The molecule has 1 aromatic carbocycles. The van der Waals surface area contributed by atoms with Crippen LogP contribution in [0.4, 0.5) is 5.69 Å². The number of carbonyl (C=O) groups excluding carboxylic acids is 1. The van der Waals surface area contributed by atoms with Crippen LogP contribution in [0.1, 0.15) is 26.7 Å². The van der Waals surface area contributed by atoms with Crippen LogP contribution in [-0.4, -0.2) is 19.0 Å². The second kappa shape index (κ2) is 5.93. The molecule has 1 aliphatic rings. The van der Waals surface area contributed by atoms with Crippen LogP contribution in [0.25, 0.3) is 0 Å². The quantitative estimate of drug-likeness (QED) is 0.839. The Morgan fingerprint density at radius 1 is 1.42 bits per heavy atom. The lowest BCUT2D eigenvalue weighted by Crippen LogP contribution is -2.34. The molecule has 0 unspecified atom stereocenters. The highest BCUT2D eigenvalue weighted by atomic mass is 35.5. The van der Waals surface area contributed by atoms with Crippen LogP contribution >= 0.6 is 11.6 Å². The third-order valence-electron chi connectivity index (χ3n) is 3.99. The molecule has 1 amide bonds. The molecule has 2 N–H and O–H groups in total. The largest absolute Gasteiger partial charge is 0.325 e. The Labute approximate surface area is 119 Å². The number of anilines is 1. The number of benzene rings is 1. The van der Waals surface area contributed by atoms with Gasteiger partial charge in [0, 0.05) is 17.3 Å². The lowest BCUT2D eigenvalue weighted by molar-refractivity contribution is -0.115. The predicted octanol–water partition coefficient (Wildman–Crippen LogP) is 3.30. The smallest absolute Gasteiger partial charge is 0.238 e. The fourth-order valence-corrected chi connectivity index (χ4v) is 2.51. The van der Waals surface area contributed by atoms with E-state index >= 15 is 0 Å². The van der Waals surface area contributed by atoms with Gasteiger partial charge in [-0.15, -0.1) is 0 Å². The van der Waals surface area contributed by atoms with E-state index in [1.54, 1.807) is 12.1 Å². The first-order valence-electron chi connectivity index (χ1n) is 6.78. The topological polar surface area (TPSA) is 41.1 Å². The molecule has 0 bridgehead atoms. The first-order chi connectivity index (χ1) is 9.02. The molecule has 3 nitrogen and oxygen atoms in total. The molecule has 104 valence electrons. The molecule has 2 rings (SSSR count). The van der Waals surface area contributed by atoms with Crippen LogP contribution in [0, 0.1) is 11.3 Å². The van der Waals surface area contributed by atoms with Gasteiger partial charge in [-0.25, -0.2) is 0 Å². The third-order valence-corrected chi connectivity index (χ3v) is 4.22. The van der Waals surface area contributed by atoms with Crippen molar-refractivity contribution < 1.29 is 4.79 Å². The van der Waals surface area contributed by atoms with E-state index in [9.17, 15) is 4.79 Å². The van der Waals surface area contributed by atoms with Crippen molar-refractivity contribution >= 4 is 23.2 Å². The lowest BCUT2D eigenvalue weighted by Gasteiger charge is -2.19. The van der Waals surface area contributed by atoms with Gasteiger partial charge in [0.15, 0.2) is 0 Å². The van der Waals surface area contributed by atoms with Gasteiger partial charge in [0.05, 0.1) is 6.54 Å². The molecular formula is C15H21ClN2O. The Hall–Kier alpha value is -1.06. The average Bonchev–Trinajstić information content (AvgIpc) is 3.10. The van der Waals surface area contributed by atoms with E-state index in [1.165, 1.54) is 12.8 Å². The molecule has 0 saturated heterocycles. The monoisotopic (exact) mass is 280 g/mol. The average molecular weight is 281 g/mol. The Morgan fingerprint density at radius 2 is 2.16 bits per heavy atom. The van der Waals surface area contributed by atoms with Gasteiger partial charge in [-0.1, -0.05) is 31.5 Å². The summed E-state index contributed by atoms with van der Waals surface area (Å²) >= 11 is 5.87. The van der Waals surface area contributed by atoms with E-state index in [0.29, 0.717) is 22.9 Å². The molecule has 0 aliphatic heterocycles. The molecule has 1 fully saturated rings. The Morgan fingerprint density at radius 3 is 2.74 bits per heavy atom. The van der Waals surface area contributed by atoms with E-state index in [4.69, 9.17) is 11.6 Å². The van der Waals surface area contributed by atoms with Crippen LogP contribution in [0.15, 0.2) is 24.3 Å². The van der Waals surface area contributed by atoms with E-state index < -0.39 is 0 Å². The van der Waals surface area contributed by atoms with Crippen LogP contribution in [0.3, 0.4) is 0 Å². The Balaban J connectivity index is 1.73.